The monoisotopic (exact) mass is 333 g/mol. The highest BCUT2D eigenvalue weighted by Gasteiger charge is 2.15. The van der Waals surface area contributed by atoms with Crippen LogP contribution in [0.15, 0.2) is 24.3 Å². The van der Waals surface area contributed by atoms with E-state index in [2.05, 4.69) is 16.0 Å². The molecule has 0 aliphatic carbocycles. The summed E-state index contributed by atoms with van der Waals surface area (Å²) in [4.78, 5) is 24.1. The van der Waals surface area contributed by atoms with Crippen LogP contribution in [0.25, 0.3) is 0 Å². The lowest BCUT2D eigenvalue weighted by Gasteiger charge is -2.23. The van der Waals surface area contributed by atoms with Gasteiger partial charge in [-0.3, -0.25) is 9.59 Å². The van der Waals surface area contributed by atoms with Crippen LogP contribution in [0.4, 0.5) is 0 Å². The fourth-order valence-corrected chi connectivity index (χ4v) is 2.76. The molecule has 1 aromatic rings. The fourth-order valence-electron chi connectivity index (χ4n) is 2.76. The highest BCUT2D eigenvalue weighted by molar-refractivity contribution is 5.96. The summed E-state index contributed by atoms with van der Waals surface area (Å²) in [6, 6.07) is 7.40. The first-order valence-corrected chi connectivity index (χ1v) is 8.70. The van der Waals surface area contributed by atoms with Crippen molar-refractivity contribution < 1.29 is 14.3 Å². The van der Waals surface area contributed by atoms with Gasteiger partial charge in [-0.25, -0.2) is 0 Å². The number of hydrogen-bond acceptors (Lipinski definition) is 4. The summed E-state index contributed by atoms with van der Waals surface area (Å²) >= 11 is 0. The average molecular weight is 333 g/mol. The standard InChI is InChI=1S/C18H27N3O3/c1-2-24-16-9-4-3-8-15(16)18(23)20-12-6-10-17(22)21-14-7-5-11-19-13-14/h3-4,8-9,14,19H,2,5-7,10-13H2,1H3,(H,20,23)(H,21,22). The van der Waals surface area contributed by atoms with Crippen LogP contribution in [0.1, 0.15) is 43.0 Å². The van der Waals surface area contributed by atoms with Gasteiger partial charge in [-0.15, -0.1) is 0 Å². The maximum absolute atomic E-state index is 12.2. The van der Waals surface area contributed by atoms with Crippen molar-refractivity contribution in [3.8, 4) is 5.75 Å². The van der Waals surface area contributed by atoms with Gasteiger partial charge in [0.15, 0.2) is 0 Å². The largest absolute Gasteiger partial charge is 0.493 e. The molecule has 6 nitrogen and oxygen atoms in total. The van der Waals surface area contributed by atoms with Crippen LogP contribution >= 0.6 is 0 Å². The molecule has 0 saturated carbocycles. The molecular weight excluding hydrogens is 306 g/mol. The number of benzene rings is 1. The van der Waals surface area contributed by atoms with Crippen molar-refractivity contribution in [2.75, 3.05) is 26.2 Å². The van der Waals surface area contributed by atoms with Gasteiger partial charge in [0.25, 0.3) is 5.91 Å². The minimum Gasteiger partial charge on any atom is -0.493 e. The highest BCUT2D eigenvalue weighted by Crippen LogP contribution is 2.17. The van der Waals surface area contributed by atoms with E-state index in [0.29, 0.717) is 37.3 Å². The van der Waals surface area contributed by atoms with E-state index in [1.165, 1.54) is 0 Å². The lowest BCUT2D eigenvalue weighted by molar-refractivity contribution is -0.122. The van der Waals surface area contributed by atoms with Crippen LogP contribution < -0.4 is 20.7 Å². The maximum atomic E-state index is 12.2. The molecule has 1 aliphatic heterocycles. The molecule has 1 unspecified atom stereocenters. The second-order valence-electron chi connectivity index (χ2n) is 5.90. The molecule has 1 atom stereocenters. The van der Waals surface area contributed by atoms with E-state index in [-0.39, 0.29) is 17.9 Å². The van der Waals surface area contributed by atoms with Crippen molar-refractivity contribution in [1.29, 1.82) is 0 Å². The zero-order valence-electron chi connectivity index (χ0n) is 14.3. The second kappa shape index (κ2) is 9.93. The highest BCUT2D eigenvalue weighted by atomic mass is 16.5. The molecule has 1 saturated heterocycles. The van der Waals surface area contributed by atoms with Crippen LogP contribution in [0, 0.1) is 0 Å². The summed E-state index contributed by atoms with van der Waals surface area (Å²) in [5, 5.41) is 9.15. The Bertz CT molecular complexity index is 542. The van der Waals surface area contributed by atoms with E-state index < -0.39 is 0 Å². The molecule has 2 rings (SSSR count). The van der Waals surface area contributed by atoms with Gasteiger partial charge in [-0.05, 0) is 44.9 Å². The molecule has 2 amide bonds. The second-order valence-corrected chi connectivity index (χ2v) is 5.90. The number of hydrogen-bond donors (Lipinski definition) is 3. The van der Waals surface area contributed by atoms with E-state index in [9.17, 15) is 9.59 Å². The Kier molecular flexibility index (Phi) is 7.55. The van der Waals surface area contributed by atoms with Crippen molar-refractivity contribution in [2.24, 2.45) is 0 Å². The summed E-state index contributed by atoms with van der Waals surface area (Å²) in [6.07, 6.45) is 3.17. The van der Waals surface area contributed by atoms with Crippen LogP contribution in [0.2, 0.25) is 0 Å². The van der Waals surface area contributed by atoms with Crippen LogP contribution in [0.3, 0.4) is 0 Å². The zero-order chi connectivity index (χ0) is 17.2. The quantitative estimate of drug-likeness (QED) is 0.629. The molecule has 6 heteroatoms. The van der Waals surface area contributed by atoms with E-state index in [1.807, 2.05) is 19.1 Å². The summed E-state index contributed by atoms with van der Waals surface area (Å²) < 4.78 is 5.46. The lowest BCUT2D eigenvalue weighted by atomic mass is 10.1. The summed E-state index contributed by atoms with van der Waals surface area (Å²) in [7, 11) is 0. The first-order valence-electron chi connectivity index (χ1n) is 8.70. The Hall–Kier alpha value is -2.08. The minimum absolute atomic E-state index is 0.0488. The van der Waals surface area contributed by atoms with Gasteiger partial charge < -0.3 is 20.7 Å². The Morgan fingerprint density at radius 1 is 1.33 bits per heavy atom. The zero-order valence-corrected chi connectivity index (χ0v) is 14.3. The third-order valence-electron chi connectivity index (χ3n) is 3.96. The molecule has 1 aromatic carbocycles. The molecule has 1 heterocycles. The number of rotatable bonds is 8. The summed E-state index contributed by atoms with van der Waals surface area (Å²) in [5.41, 5.74) is 0.525. The minimum atomic E-state index is -0.170. The fraction of sp³-hybridized carbons (Fsp3) is 0.556. The lowest BCUT2D eigenvalue weighted by Crippen LogP contribution is -2.45. The predicted octanol–water partition coefficient (Wildman–Crippen LogP) is 1.46. The van der Waals surface area contributed by atoms with Crippen molar-refractivity contribution in [3.05, 3.63) is 29.8 Å². The van der Waals surface area contributed by atoms with Gasteiger partial charge >= 0.3 is 0 Å². The molecule has 0 radical (unpaired) electrons. The molecule has 0 aromatic heterocycles. The van der Waals surface area contributed by atoms with Gasteiger partial charge in [-0.2, -0.15) is 0 Å². The SMILES string of the molecule is CCOc1ccccc1C(=O)NCCCC(=O)NC1CCCNC1. The number of amides is 2. The smallest absolute Gasteiger partial charge is 0.255 e. The van der Waals surface area contributed by atoms with Gasteiger partial charge in [0.2, 0.25) is 5.91 Å². The average Bonchev–Trinajstić information content (AvgIpc) is 2.60. The van der Waals surface area contributed by atoms with Crippen LogP contribution in [-0.2, 0) is 4.79 Å². The molecule has 0 spiro atoms. The van der Waals surface area contributed by atoms with Gasteiger partial charge in [0, 0.05) is 25.6 Å². The number of carbonyl (C=O) groups excluding carboxylic acids is 2. The third-order valence-corrected chi connectivity index (χ3v) is 3.96. The molecule has 3 N–H and O–H groups in total. The molecule has 1 aliphatic rings. The maximum Gasteiger partial charge on any atom is 0.255 e. The number of ether oxygens (including phenoxy) is 1. The Morgan fingerprint density at radius 3 is 2.92 bits per heavy atom. The number of carbonyl (C=O) groups is 2. The van der Waals surface area contributed by atoms with E-state index >= 15 is 0 Å². The first kappa shape index (κ1) is 18.3. The third kappa shape index (κ3) is 5.85. The predicted molar refractivity (Wildman–Crippen MR) is 93.2 cm³/mol. The van der Waals surface area contributed by atoms with Crippen molar-refractivity contribution >= 4 is 11.8 Å². The number of nitrogens with one attached hydrogen (secondary N) is 3. The Morgan fingerprint density at radius 2 is 2.17 bits per heavy atom. The first-order chi connectivity index (χ1) is 11.7. The Balaban J connectivity index is 1.68. The van der Waals surface area contributed by atoms with Crippen molar-refractivity contribution in [3.63, 3.8) is 0 Å². The van der Waals surface area contributed by atoms with E-state index in [0.717, 1.165) is 25.9 Å². The van der Waals surface area contributed by atoms with E-state index in [1.54, 1.807) is 12.1 Å². The van der Waals surface area contributed by atoms with Gasteiger partial charge in [-0.1, -0.05) is 12.1 Å². The normalized spacial score (nSPS) is 17.1. The number of piperidine rings is 1. The van der Waals surface area contributed by atoms with Crippen LogP contribution in [-0.4, -0.2) is 44.1 Å². The van der Waals surface area contributed by atoms with Crippen molar-refractivity contribution in [2.45, 2.75) is 38.6 Å². The molecule has 132 valence electrons. The molecule has 24 heavy (non-hydrogen) atoms. The van der Waals surface area contributed by atoms with Gasteiger partial charge in [0.1, 0.15) is 5.75 Å². The van der Waals surface area contributed by atoms with E-state index in [4.69, 9.17) is 4.74 Å². The molecule has 1 fully saturated rings. The van der Waals surface area contributed by atoms with Crippen LogP contribution in [0.5, 0.6) is 5.75 Å². The van der Waals surface area contributed by atoms with Crippen molar-refractivity contribution in [1.82, 2.24) is 16.0 Å². The summed E-state index contributed by atoms with van der Waals surface area (Å²) in [6.45, 7) is 4.74. The topological polar surface area (TPSA) is 79.5 Å². The molecule has 0 bridgehead atoms. The summed E-state index contributed by atoms with van der Waals surface area (Å²) in [5.74, 6) is 0.462. The van der Waals surface area contributed by atoms with Gasteiger partial charge in [0.05, 0.1) is 12.2 Å². The Labute approximate surface area is 143 Å². The molecular formula is C18H27N3O3. The number of para-hydroxylation sites is 1.